The molecule has 122 valence electrons. The maximum absolute atomic E-state index is 13.1. The molecule has 2 unspecified atom stereocenters. The van der Waals surface area contributed by atoms with Gasteiger partial charge >= 0.3 is 12.1 Å². The van der Waals surface area contributed by atoms with Crippen LogP contribution in [0.4, 0.5) is 13.2 Å². The van der Waals surface area contributed by atoms with E-state index in [1.807, 2.05) is 11.9 Å². The Morgan fingerprint density at radius 3 is 2.43 bits per heavy atom. The second-order valence-corrected chi connectivity index (χ2v) is 6.42. The van der Waals surface area contributed by atoms with Crippen LogP contribution < -0.4 is 0 Å². The molecule has 0 bridgehead atoms. The normalized spacial score (nSPS) is 33.0. The lowest BCUT2D eigenvalue weighted by atomic mass is 9.72. The first-order valence-corrected chi connectivity index (χ1v) is 7.45. The predicted octanol–water partition coefficient (Wildman–Crippen LogP) is 2.20. The Kier molecular flexibility index (Phi) is 4.82. The van der Waals surface area contributed by atoms with Crippen LogP contribution in [0.3, 0.4) is 0 Å². The van der Waals surface area contributed by atoms with Crippen LogP contribution in [0, 0.1) is 5.92 Å². The van der Waals surface area contributed by atoms with E-state index in [-0.39, 0.29) is 19.3 Å². The third-order valence-electron chi connectivity index (χ3n) is 4.94. The molecule has 0 spiro atoms. The van der Waals surface area contributed by atoms with Crippen LogP contribution in [-0.4, -0.2) is 65.8 Å². The van der Waals surface area contributed by atoms with Gasteiger partial charge in [0, 0.05) is 31.7 Å². The van der Waals surface area contributed by atoms with Gasteiger partial charge in [-0.25, -0.2) is 0 Å². The van der Waals surface area contributed by atoms with Gasteiger partial charge in [-0.05, 0) is 26.3 Å². The standard InChI is InChI=1S/C14H23F3N2O2/c1-18-5-7-19(8-6-18)13(10-12(20)21)4-2-3-11(9-13)14(15,16)17/h11H,2-10H2,1H3,(H,20,21). The largest absolute Gasteiger partial charge is 0.481 e. The molecule has 1 saturated carbocycles. The second kappa shape index (κ2) is 6.12. The first-order valence-electron chi connectivity index (χ1n) is 7.45. The van der Waals surface area contributed by atoms with Crippen LogP contribution in [0.1, 0.15) is 32.1 Å². The van der Waals surface area contributed by atoms with Crippen molar-refractivity contribution in [2.24, 2.45) is 5.92 Å². The molecular formula is C14H23F3N2O2. The number of rotatable bonds is 3. The van der Waals surface area contributed by atoms with Gasteiger partial charge in [-0.2, -0.15) is 13.2 Å². The van der Waals surface area contributed by atoms with Gasteiger partial charge in [0.1, 0.15) is 0 Å². The van der Waals surface area contributed by atoms with Crippen molar-refractivity contribution in [2.75, 3.05) is 33.2 Å². The van der Waals surface area contributed by atoms with E-state index >= 15 is 0 Å². The lowest BCUT2D eigenvalue weighted by molar-refractivity contribution is -0.197. The van der Waals surface area contributed by atoms with E-state index in [4.69, 9.17) is 0 Å². The molecule has 0 aromatic carbocycles. The minimum Gasteiger partial charge on any atom is -0.481 e. The zero-order valence-electron chi connectivity index (χ0n) is 12.3. The van der Waals surface area contributed by atoms with E-state index in [2.05, 4.69) is 4.90 Å². The molecule has 0 aromatic heterocycles. The number of alkyl halides is 3. The summed E-state index contributed by atoms with van der Waals surface area (Å²) in [5.74, 6) is -2.37. The molecule has 1 aliphatic carbocycles. The van der Waals surface area contributed by atoms with Crippen LogP contribution in [0.5, 0.6) is 0 Å². The highest BCUT2D eigenvalue weighted by Crippen LogP contribution is 2.46. The zero-order valence-corrected chi connectivity index (χ0v) is 12.3. The van der Waals surface area contributed by atoms with Crippen molar-refractivity contribution in [1.82, 2.24) is 9.80 Å². The number of hydrogen-bond acceptors (Lipinski definition) is 3. The number of hydrogen-bond donors (Lipinski definition) is 1. The zero-order chi connectivity index (χ0) is 15.7. The average molecular weight is 308 g/mol. The summed E-state index contributed by atoms with van der Waals surface area (Å²) in [7, 11) is 1.97. The lowest BCUT2D eigenvalue weighted by Crippen LogP contribution is -2.59. The highest BCUT2D eigenvalue weighted by atomic mass is 19.4. The van der Waals surface area contributed by atoms with Crippen LogP contribution >= 0.6 is 0 Å². The van der Waals surface area contributed by atoms with E-state index in [0.717, 1.165) is 13.1 Å². The molecule has 0 radical (unpaired) electrons. The van der Waals surface area contributed by atoms with E-state index in [9.17, 15) is 23.1 Å². The maximum Gasteiger partial charge on any atom is 0.391 e. The Morgan fingerprint density at radius 2 is 1.90 bits per heavy atom. The van der Waals surface area contributed by atoms with Gasteiger partial charge in [0.25, 0.3) is 0 Å². The smallest absolute Gasteiger partial charge is 0.391 e. The number of carbonyl (C=O) groups is 1. The molecule has 1 N–H and O–H groups in total. The lowest BCUT2D eigenvalue weighted by Gasteiger charge is -2.50. The molecule has 2 rings (SSSR count). The van der Waals surface area contributed by atoms with Gasteiger partial charge in [-0.3, -0.25) is 9.69 Å². The van der Waals surface area contributed by atoms with E-state index < -0.39 is 23.6 Å². The summed E-state index contributed by atoms with van der Waals surface area (Å²) >= 11 is 0. The minimum atomic E-state index is -4.23. The van der Waals surface area contributed by atoms with Gasteiger partial charge in [0.05, 0.1) is 12.3 Å². The van der Waals surface area contributed by atoms with Crippen molar-refractivity contribution in [3.05, 3.63) is 0 Å². The minimum absolute atomic E-state index is 0.0769. The molecule has 1 aliphatic heterocycles. The molecule has 7 heteroatoms. The van der Waals surface area contributed by atoms with Gasteiger partial charge < -0.3 is 10.0 Å². The van der Waals surface area contributed by atoms with Gasteiger partial charge in [-0.1, -0.05) is 6.42 Å². The van der Waals surface area contributed by atoms with Crippen LogP contribution in [-0.2, 0) is 4.79 Å². The number of likely N-dealkylation sites (N-methyl/N-ethyl adjacent to an activating group) is 1. The molecule has 4 nitrogen and oxygen atoms in total. The molecule has 21 heavy (non-hydrogen) atoms. The summed E-state index contributed by atoms with van der Waals surface area (Å²) in [4.78, 5) is 15.3. The quantitative estimate of drug-likeness (QED) is 0.868. The summed E-state index contributed by atoms with van der Waals surface area (Å²) in [6, 6.07) is 0. The Balaban J connectivity index is 2.18. The summed E-state index contributed by atoms with van der Waals surface area (Å²) in [5.41, 5.74) is -0.828. The fraction of sp³-hybridized carbons (Fsp3) is 0.929. The van der Waals surface area contributed by atoms with E-state index in [1.54, 1.807) is 0 Å². The van der Waals surface area contributed by atoms with Crippen LogP contribution in [0.2, 0.25) is 0 Å². The average Bonchev–Trinajstić information content (AvgIpc) is 2.37. The summed E-state index contributed by atoms with van der Waals surface area (Å²) < 4.78 is 39.2. The van der Waals surface area contributed by atoms with Crippen molar-refractivity contribution in [3.63, 3.8) is 0 Å². The molecule has 1 heterocycles. The fourth-order valence-electron chi connectivity index (χ4n) is 3.74. The molecule has 0 aromatic rings. The summed E-state index contributed by atoms with van der Waals surface area (Å²) in [6.07, 6.45) is -3.37. The molecule has 2 aliphatic rings. The van der Waals surface area contributed by atoms with Crippen molar-refractivity contribution < 1.29 is 23.1 Å². The molecule has 1 saturated heterocycles. The van der Waals surface area contributed by atoms with Gasteiger partial charge in [0.2, 0.25) is 0 Å². The van der Waals surface area contributed by atoms with Crippen molar-refractivity contribution >= 4 is 5.97 Å². The summed E-state index contributed by atoms with van der Waals surface area (Å²) in [5, 5.41) is 9.18. The van der Waals surface area contributed by atoms with Gasteiger partial charge in [0.15, 0.2) is 0 Å². The Hall–Kier alpha value is -0.820. The highest BCUT2D eigenvalue weighted by molar-refractivity contribution is 5.68. The molecule has 2 fully saturated rings. The monoisotopic (exact) mass is 308 g/mol. The Labute approximate surface area is 122 Å². The fourth-order valence-corrected chi connectivity index (χ4v) is 3.74. The number of nitrogens with zero attached hydrogens (tertiary/aromatic N) is 2. The summed E-state index contributed by atoms with van der Waals surface area (Å²) in [6.45, 7) is 2.85. The Morgan fingerprint density at radius 1 is 1.29 bits per heavy atom. The number of piperazine rings is 1. The molecule has 2 atom stereocenters. The maximum atomic E-state index is 13.1. The Bertz CT molecular complexity index is 381. The number of aliphatic carboxylic acids is 1. The third kappa shape index (κ3) is 3.88. The second-order valence-electron chi connectivity index (χ2n) is 6.42. The SMILES string of the molecule is CN1CCN(C2(CC(=O)O)CCCC(C(F)(F)F)C2)CC1. The number of carboxylic acid groups (broad SMARTS) is 1. The first-order chi connectivity index (χ1) is 9.73. The van der Waals surface area contributed by atoms with Crippen molar-refractivity contribution in [2.45, 2.75) is 43.8 Å². The first kappa shape index (κ1) is 16.5. The number of carboxylic acids is 1. The molecular weight excluding hydrogens is 285 g/mol. The van der Waals surface area contributed by atoms with Crippen LogP contribution in [0.25, 0.3) is 0 Å². The van der Waals surface area contributed by atoms with Crippen molar-refractivity contribution in [1.29, 1.82) is 0 Å². The highest BCUT2D eigenvalue weighted by Gasteiger charge is 2.50. The van der Waals surface area contributed by atoms with E-state index in [1.165, 1.54) is 0 Å². The topological polar surface area (TPSA) is 43.8 Å². The van der Waals surface area contributed by atoms with Crippen molar-refractivity contribution in [3.8, 4) is 0 Å². The van der Waals surface area contributed by atoms with E-state index in [0.29, 0.717) is 25.9 Å². The molecule has 0 amide bonds. The predicted molar refractivity (Wildman–Crippen MR) is 72.1 cm³/mol. The van der Waals surface area contributed by atoms with Gasteiger partial charge in [-0.15, -0.1) is 0 Å². The van der Waals surface area contributed by atoms with Crippen LogP contribution in [0.15, 0.2) is 0 Å². The number of halogens is 3. The third-order valence-corrected chi connectivity index (χ3v) is 4.94.